The molecule has 0 saturated heterocycles. The zero-order valence-corrected chi connectivity index (χ0v) is 12.8. The number of fused-ring (bicyclic) bond motifs is 3. The predicted octanol–water partition coefficient (Wildman–Crippen LogP) is 2.88. The lowest BCUT2D eigenvalue weighted by Crippen LogP contribution is -2.15. The van der Waals surface area contributed by atoms with Gasteiger partial charge in [-0.15, -0.1) is 0 Å². The monoisotopic (exact) mass is 320 g/mol. The van der Waals surface area contributed by atoms with Gasteiger partial charge >= 0.3 is 5.97 Å². The van der Waals surface area contributed by atoms with Crippen LogP contribution < -0.4 is 0 Å². The van der Waals surface area contributed by atoms with E-state index in [-0.39, 0.29) is 16.2 Å². The third kappa shape index (κ3) is 2.20. The molecule has 2 aromatic carbocycles. The minimum atomic E-state index is -3.58. The van der Waals surface area contributed by atoms with Crippen LogP contribution >= 0.6 is 0 Å². The molecular weight excluding hydrogens is 307 g/mol. The highest BCUT2D eigenvalue weighted by Gasteiger charge is 2.30. The maximum Gasteiger partial charge on any atom is 0.338 e. The van der Waals surface area contributed by atoms with Crippen molar-refractivity contribution in [1.29, 1.82) is 0 Å². The summed E-state index contributed by atoms with van der Waals surface area (Å²) < 4.78 is 43.1. The van der Waals surface area contributed by atoms with Crippen molar-refractivity contribution in [3.63, 3.8) is 0 Å². The fraction of sp³-hybridized carbons (Fsp3) is 0.188. The number of aryl methyl sites for hydroxylation is 1. The number of ether oxygens (including phenoxy) is 1. The summed E-state index contributed by atoms with van der Waals surface area (Å²) in [5.41, 5.74) is 2.30. The Bertz CT molecular complexity index is 901. The molecule has 0 N–H and O–H groups in total. The Kier molecular flexibility index (Phi) is 3.29. The molecule has 1 heterocycles. The second-order valence-electron chi connectivity index (χ2n) is 5.22. The third-order valence-corrected chi connectivity index (χ3v) is 5.47. The number of carbonyl (C=O) groups excluding carboxylic acids is 1. The summed E-state index contributed by atoms with van der Waals surface area (Å²) in [5.74, 6) is -1.24. The van der Waals surface area contributed by atoms with Gasteiger partial charge in [-0.1, -0.05) is 6.07 Å². The van der Waals surface area contributed by atoms with E-state index in [0.29, 0.717) is 22.3 Å². The first-order valence-electron chi connectivity index (χ1n) is 6.58. The highest BCUT2D eigenvalue weighted by Crippen LogP contribution is 2.39. The minimum absolute atomic E-state index is 0.0385. The predicted molar refractivity (Wildman–Crippen MR) is 78.8 cm³/mol. The highest BCUT2D eigenvalue weighted by atomic mass is 32.2. The molecule has 0 radical (unpaired) electrons. The summed E-state index contributed by atoms with van der Waals surface area (Å²) >= 11 is 0. The second-order valence-corrected chi connectivity index (χ2v) is 7.17. The van der Waals surface area contributed by atoms with Crippen LogP contribution in [0.25, 0.3) is 11.1 Å². The molecule has 0 aliphatic carbocycles. The topological polar surface area (TPSA) is 60.4 Å². The Balaban J connectivity index is 2.35. The van der Waals surface area contributed by atoms with Crippen LogP contribution in [0, 0.1) is 12.7 Å². The van der Waals surface area contributed by atoms with Gasteiger partial charge in [-0.2, -0.15) is 0 Å². The van der Waals surface area contributed by atoms with E-state index in [1.54, 1.807) is 13.0 Å². The van der Waals surface area contributed by atoms with Crippen molar-refractivity contribution in [3.05, 3.63) is 52.8 Å². The standard InChI is InChI=1S/C16H13FO4S/c1-9-5-14-13-6-11(17)4-3-10(13)8-22(19,20)15(14)7-12(9)16(18)21-2/h3-7H,8H2,1-2H3. The van der Waals surface area contributed by atoms with Crippen LogP contribution in [0.15, 0.2) is 35.2 Å². The summed E-state index contributed by atoms with van der Waals surface area (Å²) in [6, 6.07) is 6.96. The summed E-state index contributed by atoms with van der Waals surface area (Å²) in [7, 11) is -2.34. The van der Waals surface area contributed by atoms with Crippen LogP contribution in [-0.4, -0.2) is 21.5 Å². The lowest BCUT2D eigenvalue weighted by atomic mass is 9.96. The van der Waals surface area contributed by atoms with E-state index in [4.69, 9.17) is 0 Å². The molecule has 1 aliphatic heterocycles. The smallest absolute Gasteiger partial charge is 0.338 e. The number of hydrogen-bond donors (Lipinski definition) is 0. The molecule has 2 aromatic rings. The molecule has 3 rings (SSSR count). The van der Waals surface area contributed by atoms with E-state index in [2.05, 4.69) is 4.74 Å². The van der Waals surface area contributed by atoms with Crippen LogP contribution in [0.5, 0.6) is 0 Å². The first-order chi connectivity index (χ1) is 10.3. The third-order valence-electron chi connectivity index (χ3n) is 3.77. The number of rotatable bonds is 1. The van der Waals surface area contributed by atoms with Crippen molar-refractivity contribution in [2.75, 3.05) is 7.11 Å². The summed E-state index contributed by atoms with van der Waals surface area (Å²) in [6.45, 7) is 1.69. The number of carbonyl (C=O) groups is 1. The lowest BCUT2D eigenvalue weighted by Gasteiger charge is -2.21. The van der Waals surface area contributed by atoms with Gasteiger partial charge in [-0.3, -0.25) is 0 Å². The fourth-order valence-corrected chi connectivity index (χ4v) is 4.31. The van der Waals surface area contributed by atoms with Gasteiger partial charge in [0.15, 0.2) is 9.84 Å². The Morgan fingerprint density at radius 3 is 2.59 bits per heavy atom. The van der Waals surface area contributed by atoms with Crippen molar-refractivity contribution < 1.29 is 22.3 Å². The molecule has 0 fully saturated rings. The minimum Gasteiger partial charge on any atom is -0.465 e. The molecule has 1 aliphatic rings. The molecule has 4 nitrogen and oxygen atoms in total. The molecule has 22 heavy (non-hydrogen) atoms. The normalized spacial score (nSPS) is 14.9. The molecule has 0 atom stereocenters. The number of hydrogen-bond acceptors (Lipinski definition) is 4. The van der Waals surface area contributed by atoms with Gasteiger partial charge in [-0.05, 0) is 47.9 Å². The number of methoxy groups -OCH3 is 1. The number of halogens is 1. The Labute approximate surface area is 127 Å². The first kappa shape index (κ1) is 14.7. The van der Waals surface area contributed by atoms with Crippen molar-refractivity contribution in [2.45, 2.75) is 17.6 Å². The van der Waals surface area contributed by atoms with E-state index in [0.717, 1.165) is 0 Å². The zero-order chi connectivity index (χ0) is 16.1. The molecule has 0 bridgehead atoms. The van der Waals surface area contributed by atoms with Crippen molar-refractivity contribution in [1.82, 2.24) is 0 Å². The Hall–Kier alpha value is -2.21. The van der Waals surface area contributed by atoms with Gasteiger partial charge in [0.2, 0.25) is 0 Å². The SMILES string of the molecule is COC(=O)c1cc2c(cc1C)-c1cc(F)ccc1CS2(=O)=O. The maximum atomic E-state index is 13.5. The van der Waals surface area contributed by atoms with E-state index < -0.39 is 21.6 Å². The van der Waals surface area contributed by atoms with Gasteiger partial charge < -0.3 is 4.74 Å². The van der Waals surface area contributed by atoms with E-state index >= 15 is 0 Å². The van der Waals surface area contributed by atoms with Gasteiger partial charge in [0.1, 0.15) is 5.82 Å². The molecule has 0 spiro atoms. The molecular formula is C16H13FO4S. The van der Waals surface area contributed by atoms with Crippen LogP contribution in [-0.2, 0) is 20.3 Å². The lowest BCUT2D eigenvalue weighted by molar-refractivity contribution is 0.0599. The zero-order valence-electron chi connectivity index (χ0n) is 12.0. The Morgan fingerprint density at radius 2 is 1.91 bits per heavy atom. The summed E-state index contributed by atoms with van der Waals surface area (Å²) in [5, 5.41) is 0. The summed E-state index contributed by atoms with van der Waals surface area (Å²) in [4.78, 5) is 11.8. The number of sulfone groups is 1. The second kappa shape index (κ2) is 4.91. The van der Waals surface area contributed by atoms with Gasteiger partial charge in [0.25, 0.3) is 0 Å². The van der Waals surface area contributed by atoms with E-state index in [1.165, 1.54) is 31.4 Å². The van der Waals surface area contributed by atoms with Crippen LogP contribution in [0.4, 0.5) is 4.39 Å². The molecule has 0 amide bonds. The highest BCUT2D eigenvalue weighted by molar-refractivity contribution is 7.90. The van der Waals surface area contributed by atoms with Crippen molar-refractivity contribution in [2.24, 2.45) is 0 Å². The number of benzene rings is 2. The fourth-order valence-electron chi connectivity index (χ4n) is 2.69. The first-order valence-corrected chi connectivity index (χ1v) is 8.23. The molecule has 0 unspecified atom stereocenters. The average molecular weight is 320 g/mol. The molecule has 114 valence electrons. The van der Waals surface area contributed by atoms with E-state index in [1.807, 2.05) is 0 Å². The van der Waals surface area contributed by atoms with Crippen LogP contribution in [0.2, 0.25) is 0 Å². The van der Waals surface area contributed by atoms with Crippen molar-refractivity contribution >= 4 is 15.8 Å². The molecule has 6 heteroatoms. The Morgan fingerprint density at radius 1 is 1.18 bits per heavy atom. The quantitative estimate of drug-likeness (QED) is 0.758. The van der Waals surface area contributed by atoms with Crippen LogP contribution in [0.3, 0.4) is 0 Å². The number of esters is 1. The summed E-state index contributed by atoms with van der Waals surface area (Å²) in [6.07, 6.45) is 0. The molecule has 0 saturated carbocycles. The van der Waals surface area contributed by atoms with Gasteiger partial charge in [-0.25, -0.2) is 17.6 Å². The average Bonchev–Trinajstić information content (AvgIpc) is 2.46. The van der Waals surface area contributed by atoms with Crippen LogP contribution in [0.1, 0.15) is 21.5 Å². The van der Waals surface area contributed by atoms with Gasteiger partial charge in [0, 0.05) is 5.56 Å². The molecule has 0 aromatic heterocycles. The van der Waals surface area contributed by atoms with Gasteiger partial charge in [0.05, 0.1) is 23.3 Å². The van der Waals surface area contributed by atoms with E-state index in [9.17, 15) is 17.6 Å². The largest absolute Gasteiger partial charge is 0.465 e. The maximum absolute atomic E-state index is 13.5. The van der Waals surface area contributed by atoms with Crippen molar-refractivity contribution in [3.8, 4) is 11.1 Å².